The summed E-state index contributed by atoms with van der Waals surface area (Å²) in [7, 11) is 6.31. The third-order valence-corrected chi connectivity index (χ3v) is 6.86. The number of fused-ring (bicyclic) bond motifs is 1. The standard InChI is InChI=1S/C22H30N6/c1-15-20(11-12-26(4)22(15,2)3)28(6)21-10-9-18(23-24-21)16-7-8-19-17(13-16)14-27(5)25-19/h7-10,13-15,20H,11-12H2,1-6H3. The number of piperidine rings is 1. The molecule has 2 aromatic heterocycles. The zero-order valence-electron chi connectivity index (χ0n) is 17.7. The molecule has 1 aliphatic heterocycles. The van der Waals surface area contributed by atoms with Crippen molar-refractivity contribution < 1.29 is 0 Å². The van der Waals surface area contributed by atoms with Crippen LogP contribution in [0.15, 0.2) is 36.5 Å². The Hall–Kier alpha value is -2.47. The maximum absolute atomic E-state index is 4.56. The number of hydrogen-bond donors (Lipinski definition) is 0. The quantitative estimate of drug-likeness (QED) is 0.697. The smallest absolute Gasteiger partial charge is 0.151 e. The Morgan fingerprint density at radius 1 is 1.11 bits per heavy atom. The van der Waals surface area contributed by atoms with Crippen molar-refractivity contribution in [2.24, 2.45) is 13.0 Å². The van der Waals surface area contributed by atoms with Crippen molar-refractivity contribution in [3.05, 3.63) is 36.5 Å². The average molecular weight is 379 g/mol. The second kappa shape index (κ2) is 6.85. The molecule has 3 heterocycles. The third kappa shape index (κ3) is 3.15. The van der Waals surface area contributed by atoms with Gasteiger partial charge in [0, 0.05) is 49.4 Å². The zero-order valence-corrected chi connectivity index (χ0v) is 17.7. The number of anilines is 1. The minimum atomic E-state index is 0.170. The normalized spacial score (nSPS) is 22.5. The van der Waals surface area contributed by atoms with Crippen molar-refractivity contribution in [3.8, 4) is 11.3 Å². The molecule has 1 aliphatic rings. The monoisotopic (exact) mass is 378 g/mol. The van der Waals surface area contributed by atoms with E-state index in [1.165, 1.54) is 0 Å². The summed E-state index contributed by atoms with van der Waals surface area (Å²) in [6, 6.07) is 10.8. The maximum Gasteiger partial charge on any atom is 0.151 e. The molecule has 0 bridgehead atoms. The van der Waals surface area contributed by atoms with Crippen LogP contribution < -0.4 is 4.90 Å². The lowest BCUT2D eigenvalue weighted by Gasteiger charge is -2.51. The summed E-state index contributed by atoms with van der Waals surface area (Å²) >= 11 is 0. The number of hydrogen-bond acceptors (Lipinski definition) is 5. The molecule has 28 heavy (non-hydrogen) atoms. The van der Waals surface area contributed by atoms with Gasteiger partial charge < -0.3 is 9.80 Å². The topological polar surface area (TPSA) is 50.1 Å². The van der Waals surface area contributed by atoms with E-state index in [2.05, 4.69) is 84.2 Å². The SMILES string of the molecule is CC1C(N(C)c2ccc(-c3ccc4nn(C)cc4c3)nn2)CCN(C)C1(C)C. The minimum Gasteiger partial charge on any atom is -0.355 e. The van der Waals surface area contributed by atoms with Gasteiger partial charge in [0.05, 0.1) is 11.2 Å². The van der Waals surface area contributed by atoms with Gasteiger partial charge in [-0.1, -0.05) is 13.0 Å². The van der Waals surface area contributed by atoms with Gasteiger partial charge in [-0.2, -0.15) is 5.10 Å². The van der Waals surface area contributed by atoms with Crippen LogP contribution in [-0.2, 0) is 7.05 Å². The average Bonchev–Trinajstić information content (AvgIpc) is 3.05. The van der Waals surface area contributed by atoms with Crippen LogP contribution in [0.3, 0.4) is 0 Å². The van der Waals surface area contributed by atoms with Crippen LogP contribution in [0.1, 0.15) is 27.2 Å². The lowest BCUT2D eigenvalue weighted by Crippen LogP contribution is -2.59. The summed E-state index contributed by atoms with van der Waals surface area (Å²) in [5.74, 6) is 1.47. The van der Waals surface area contributed by atoms with Crippen LogP contribution in [-0.4, -0.2) is 57.1 Å². The molecule has 6 nitrogen and oxygen atoms in total. The van der Waals surface area contributed by atoms with E-state index in [0.29, 0.717) is 12.0 Å². The summed E-state index contributed by atoms with van der Waals surface area (Å²) in [5, 5.41) is 14.6. The molecule has 0 spiro atoms. The number of rotatable bonds is 3. The molecule has 1 aromatic carbocycles. The van der Waals surface area contributed by atoms with E-state index in [-0.39, 0.29) is 5.54 Å². The molecule has 0 N–H and O–H groups in total. The second-order valence-corrected chi connectivity index (χ2v) is 8.68. The van der Waals surface area contributed by atoms with Gasteiger partial charge in [0.15, 0.2) is 5.82 Å². The molecular formula is C22H30N6. The van der Waals surface area contributed by atoms with E-state index in [4.69, 9.17) is 0 Å². The van der Waals surface area contributed by atoms with E-state index < -0.39 is 0 Å². The highest BCUT2D eigenvalue weighted by molar-refractivity contribution is 5.83. The van der Waals surface area contributed by atoms with Crippen LogP contribution in [0.5, 0.6) is 0 Å². The predicted molar refractivity (Wildman–Crippen MR) is 114 cm³/mol. The largest absolute Gasteiger partial charge is 0.355 e. The first-order valence-corrected chi connectivity index (χ1v) is 9.99. The van der Waals surface area contributed by atoms with Gasteiger partial charge in [0.2, 0.25) is 0 Å². The van der Waals surface area contributed by atoms with Crippen molar-refractivity contribution in [1.29, 1.82) is 0 Å². The Labute approximate surface area is 167 Å². The van der Waals surface area contributed by atoms with Gasteiger partial charge in [-0.25, -0.2) is 0 Å². The van der Waals surface area contributed by atoms with Crippen molar-refractivity contribution in [3.63, 3.8) is 0 Å². The Morgan fingerprint density at radius 2 is 1.89 bits per heavy atom. The molecule has 148 valence electrons. The fraction of sp³-hybridized carbons (Fsp3) is 0.500. The van der Waals surface area contributed by atoms with Crippen LogP contribution >= 0.6 is 0 Å². The molecule has 0 saturated carbocycles. The predicted octanol–water partition coefficient (Wildman–Crippen LogP) is 3.59. The zero-order chi connectivity index (χ0) is 20.1. The summed E-state index contributed by atoms with van der Waals surface area (Å²) in [5.41, 5.74) is 3.12. The minimum absolute atomic E-state index is 0.170. The first kappa shape index (κ1) is 18.9. The van der Waals surface area contributed by atoms with Gasteiger partial charge in [-0.3, -0.25) is 4.68 Å². The van der Waals surface area contributed by atoms with Gasteiger partial charge in [0.1, 0.15) is 0 Å². The Balaban J connectivity index is 1.56. The number of aromatic nitrogens is 4. The van der Waals surface area contributed by atoms with Crippen molar-refractivity contribution in [2.75, 3.05) is 25.5 Å². The van der Waals surface area contributed by atoms with Gasteiger partial charge >= 0.3 is 0 Å². The summed E-state index contributed by atoms with van der Waals surface area (Å²) < 4.78 is 1.84. The van der Waals surface area contributed by atoms with Gasteiger partial charge in [-0.15, -0.1) is 10.2 Å². The lowest BCUT2D eigenvalue weighted by atomic mass is 9.77. The fourth-order valence-corrected chi connectivity index (χ4v) is 4.36. The molecule has 1 saturated heterocycles. The third-order valence-electron chi connectivity index (χ3n) is 6.86. The van der Waals surface area contributed by atoms with Crippen molar-refractivity contribution >= 4 is 16.7 Å². The molecule has 2 atom stereocenters. The molecule has 0 radical (unpaired) electrons. The van der Waals surface area contributed by atoms with E-state index in [1.807, 2.05) is 24.0 Å². The van der Waals surface area contributed by atoms with E-state index in [9.17, 15) is 0 Å². The fourth-order valence-electron chi connectivity index (χ4n) is 4.36. The van der Waals surface area contributed by atoms with Crippen LogP contribution in [0.25, 0.3) is 22.2 Å². The van der Waals surface area contributed by atoms with Gasteiger partial charge in [0.25, 0.3) is 0 Å². The van der Waals surface area contributed by atoms with Crippen LogP contribution in [0.4, 0.5) is 5.82 Å². The number of likely N-dealkylation sites (tertiary alicyclic amines) is 1. The molecule has 0 aliphatic carbocycles. The van der Waals surface area contributed by atoms with E-state index >= 15 is 0 Å². The lowest BCUT2D eigenvalue weighted by molar-refractivity contribution is 0.0391. The molecule has 3 aromatic rings. The first-order valence-electron chi connectivity index (χ1n) is 9.99. The Morgan fingerprint density at radius 3 is 2.61 bits per heavy atom. The highest BCUT2D eigenvalue weighted by Gasteiger charge is 2.41. The summed E-state index contributed by atoms with van der Waals surface area (Å²) in [6.07, 6.45) is 3.16. The second-order valence-electron chi connectivity index (χ2n) is 8.68. The molecule has 6 heteroatoms. The van der Waals surface area contributed by atoms with Crippen molar-refractivity contribution in [2.45, 2.75) is 38.8 Å². The molecule has 0 amide bonds. The summed E-state index contributed by atoms with van der Waals surface area (Å²) in [4.78, 5) is 4.77. The van der Waals surface area contributed by atoms with Crippen LogP contribution in [0.2, 0.25) is 0 Å². The van der Waals surface area contributed by atoms with E-state index in [1.54, 1.807) is 0 Å². The molecule has 4 rings (SSSR count). The first-order chi connectivity index (χ1) is 13.3. The molecular weight excluding hydrogens is 348 g/mol. The Bertz CT molecular complexity index is 974. The summed E-state index contributed by atoms with van der Waals surface area (Å²) in [6.45, 7) is 8.12. The van der Waals surface area contributed by atoms with Crippen molar-refractivity contribution in [1.82, 2.24) is 24.9 Å². The number of benzene rings is 1. The Kier molecular flexibility index (Phi) is 4.62. The maximum atomic E-state index is 4.56. The molecule has 1 fully saturated rings. The van der Waals surface area contributed by atoms with Gasteiger partial charge in [-0.05, 0) is 57.5 Å². The van der Waals surface area contributed by atoms with Crippen LogP contribution in [0, 0.1) is 5.92 Å². The molecule has 2 unspecified atom stereocenters. The number of nitrogens with zero attached hydrogens (tertiary/aromatic N) is 6. The van der Waals surface area contributed by atoms with E-state index in [0.717, 1.165) is 40.9 Å². The highest BCUT2D eigenvalue weighted by atomic mass is 15.3. The highest BCUT2D eigenvalue weighted by Crippen LogP contribution is 2.35. The number of aryl methyl sites for hydroxylation is 1.